The van der Waals surface area contributed by atoms with E-state index in [2.05, 4.69) is 62.8 Å². The molecule has 2 aromatic rings. The fourth-order valence-electron chi connectivity index (χ4n) is 3.30. The average Bonchev–Trinajstić information content (AvgIpc) is 3.14. The van der Waals surface area contributed by atoms with Gasteiger partial charge in [0, 0.05) is 37.3 Å². The summed E-state index contributed by atoms with van der Waals surface area (Å²) < 4.78 is 0. The first kappa shape index (κ1) is 22.1. The molecule has 148 valence electrons. The number of aryl methyl sites for hydroxylation is 1. The Morgan fingerprint density at radius 3 is 2.85 bits per heavy atom. The Bertz CT molecular complexity index is 703. The van der Waals surface area contributed by atoms with Crippen molar-refractivity contribution >= 4 is 41.3 Å². The number of likely N-dealkylation sites (tertiary alicyclic amines) is 1. The number of rotatable bonds is 6. The van der Waals surface area contributed by atoms with Crippen molar-refractivity contribution in [2.75, 3.05) is 20.1 Å². The summed E-state index contributed by atoms with van der Waals surface area (Å²) in [7, 11) is 1.83. The van der Waals surface area contributed by atoms with Gasteiger partial charge in [-0.15, -0.1) is 35.3 Å². The molecule has 2 heterocycles. The minimum absolute atomic E-state index is 0. The maximum atomic E-state index is 4.46. The van der Waals surface area contributed by atoms with Crippen molar-refractivity contribution in [1.29, 1.82) is 0 Å². The second kappa shape index (κ2) is 11.6. The van der Waals surface area contributed by atoms with Gasteiger partial charge >= 0.3 is 0 Å². The van der Waals surface area contributed by atoms with Crippen LogP contribution in [0.2, 0.25) is 0 Å². The van der Waals surface area contributed by atoms with Crippen LogP contribution in [0.1, 0.15) is 35.2 Å². The predicted molar refractivity (Wildman–Crippen MR) is 125 cm³/mol. The third-order valence-corrected chi connectivity index (χ3v) is 5.82. The quantitative estimate of drug-likeness (QED) is 0.362. The number of thiazole rings is 1. The number of hydrogen-bond donors (Lipinski definition) is 2. The molecule has 0 amide bonds. The number of nitrogens with one attached hydrogen (secondary N) is 2. The zero-order valence-electron chi connectivity index (χ0n) is 16.1. The van der Waals surface area contributed by atoms with Crippen molar-refractivity contribution in [2.24, 2.45) is 4.99 Å². The Morgan fingerprint density at radius 2 is 2.15 bits per heavy atom. The van der Waals surface area contributed by atoms with E-state index in [0.29, 0.717) is 6.04 Å². The summed E-state index contributed by atoms with van der Waals surface area (Å²) in [6.45, 7) is 6.12. The molecule has 5 nitrogen and oxygen atoms in total. The number of benzene rings is 1. The van der Waals surface area contributed by atoms with Crippen LogP contribution in [-0.4, -0.2) is 42.0 Å². The van der Waals surface area contributed by atoms with Crippen molar-refractivity contribution < 1.29 is 0 Å². The third kappa shape index (κ3) is 7.04. The molecule has 1 aromatic heterocycles. The van der Waals surface area contributed by atoms with Gasteiger partial charge in [0.05, 0.1) is 6.54 Å². The SMILES string of the molecule is CCc1cnc(CNC(=NC)NC2CCCN(Cc3ccccc3)C2)s1.I. The van der Waals surface area contributed by atoms with E-state index >= 15 is 0 Å². The number of aliphatic imine (C=N–C) groups is 1. The van der Waals surface area contributed by atoms with Crippen LogP contribution in [0.3, 0.4) is 0 Å². The van der Waals surface area contributed by atoms with Gasteiger partial charge in [0.25, 0.3) is 0 Å². The molecular formula is C20H30IN5S. The molecule has 27 heavy (non-hydrogen) atoms. The van der Waals surface area contributed by atoms with Gasteiger partial charge in [-0.25, -0.2) is 4.98 Å². The van der Waals surface area contributed by atoms with Crippen molar-refractivity contribution in [3.8, 4) is 0 Å². The summed E-state index contributed by atoms with van der Waals surface area (Å²) in [5.41, 5.74) is 1.38. The van der Waals surface area contributed by atoms with Gasteiger partial charge in [-0.1, -0.05) is 37.3 Å². The molecule has 1 saturated heterocycles. The Kier molecular flexibility index (Phi) is 9.50. The van der Waals surface area contributed by atoms with E-state index in [1.165, 1.54) is 23.3 Å². The molecule has 1 atom stereocenters. The van der Waals surface area contributed by atoms with Gasteiger partial charge in [-0.05, 0) is 31.4 Å². The second-order valence-electron chi connectivity index (χ2n) is 6.70. The van der Waals surface area contributed by atoms with Crippen LogP contribution in [0.25, 0.3) is 0 Å². The number of hydrogen-bond acceptors (Lipinski definition) is 4. The van der Waals surface area contributed by atoms with Crippen LogP contribution in [0.5, 0.6) is 0 Å². The van der Waals surface area contributed by atoms with Gasteiger partial charge in [0.2, 0.25) is 0 Å². The van der Waals surface area contributed by atoms with Gasteiger partial charge in [0.1, 0.15) is 5.01 Å². The van der Waals surface area contributed by atoms with E-state index < -0.39 is 0 Å². The zero-order chi connectivity index (χ0) is 18.2. The lowest BCUT2D eigenvalue weighted by Crippen LogP contribution is -2.50. The molecule has 0 spiro atoms. The highest BCUT2D eigenvalue weighted by molar-refractivity contribution is 14.0. The van der Waals surface area contributed by atoms with E-state index in [9.17, 15) is 0 Å². The van der Waals surface area contributed by atoms with Crippen LogP contribution in [-0.2, 0) is 19.5 Å². The summed E-state index contributed by atoms with van der Waals surface area (Å²) >= 11 is 1.77. The van der Waals surface area contributed by atoms with E-state index in [1.807, 2.05) is 13.2 Å². The molecule has 1 aromatic carbocycles. The fourth-order valence-corrected chi connectivity index (χ4v) is 4.10. The van der Waals surface area contributed by atoms with Crippen molar-refractivity contribution in [2.45, 2.75) is 45.3 Å². The summed E-state index contributed by atoms with van der Waals surface area (Å²) in [5.74, 6) is 0.866. The highest BCUT2D eigenvalue weighted by atomic mass is 127. The lowest BCUT2D eigenvalue weighted by atomic mass is 10.0. The fraction of sp³-hybridized carbons (Fsp3) is 0.500. The molecule has 0 bridgehead atoms. The Morgan fingerprint density at radius 1 is 1.33 bits per heavy atom. The van der Waals surface area contributed by atoms with Crippen LogP contribution >= 0.6 is 35.3 Å². The Balaban J connectivity index is 0.00000261. The summed E-state index contributed by atoms with van der Waals surface area (Å²) in [6.07, 6.45) is 5.42. The lowest BCUT2D eigenvalue weighted by molar-refractivity contribution is 0.192. The standard InChI is InChI=1S/C20H29N5S.HI/c1-3-18-12-22-19(26-18)13-23-20(21-2)24-17-10-7-11-25(15-17)14-16-8-5-4-6-9-16;/h4-6,8-9,12,17H,3,7,10-11,13-15H2,1-2H3,(H2,21,23,24);1H. The molecule has 1 aliphatic rings. The van der Waals surface area contributed by atoms with Gasteiger partial charge in [-0.2, -0.15) is 0 Å². The maximum absolute atomic E-state index is 4.46. The molecule has 1 unspecified atom stereocenters. The summed E-state index contributed by atoms with van der Waals surface area (Å²) in [6, 6.07) is 11.1. The van der Waals surface area contributed by atoms with E-state index in [1.54, 1.807) is 11.3 Å². The van der Waals surface area contributed by atoms with E-state index in [-0.39, 0.29) is 24.0 Å². The van der Waals surface area contributed by atoms with Gasteiger partial charge in [0.15, 0.2) is 5.96 Å². The zero-order valence-corrected chi connectivity index (χ0v) is 19.3. The predicted octanol–water partition coefficient (Wildman–Crippen LogP) is 3.65. The van der Waals surface area contributed by atoms with Crippen molar-refractivity contribution in [3.05, 3.63) is 52.0 Å². The third-order valence-electron chi connectivity index (χ3n) is 4.68. The Hall–Kier alpha value is -1.19. The van der Waals surface area contributed by atoms with Crippen molar-refractivity contribution in [1.82, 2.24) is 20.5 Å². The average molecular weight is 499 g/mol. The second-order valence-corrected chi connectivity index (χ2v) is 7.90. The van der Waals surface area contributed by atoms with Crippen LogP contribution in [0.4, 0.5) is 0 Å². The summed E-state index contributed by atoms with van der Waals surface area (Å²) in [5, 5.41) is 8.10. The number of piperidine rings is 1. The topological polar surface area (TPSA) is 52.6 Å². The Labute approximate surface area is 183 Å². The van der Waals surface area contributed by atoms with Gasteiger partial charge in [-0.3, -0.25) is 9.89 Å². The monoisotopic (exact) mass is 499 g/mol. The molecular weight excluding hydrogens is 469 g/mol. The summed E-state index contributed by atoms with van der Waals surface area (Å²) in [4.78, 5) is 12.7. The maximum Gasteiger partial charge on any atom is 0.191 e. The van der Waals surface area contributed by atoms with E-state index in [4.69, 9.17) is 0 Å². The molecule has 1 aliphatic heterocycles. The minimum atomic E-state index is 0. The van der Waals surface area contributed by atoms with Gasteiger partial charge < -0.3 is 10.6 Å². The number of halogens is 1. The largest absolute Gasteiger partial charge is 0.352 e. The number of guanidine groups is 1. The molecule has 2 N–H and O–H groups in total. The number of aromatic nitrogens is 1. The molecule has 0 radical (unpaired) electrons. The first-order valence-electron chi connectivity index (χ1n) is 9.44. The first-order chi connectivity index (χ1) is 12.8. The smallest absolute Gasteiger partial charge is 0.191 e. The van der Waals surface area contributed by atoms with Crippen LogP contribution in [0, 0.1) is 0 Å². The number of nitrogens with zero attached hydrogens (tertiary/aromatic N) is 3. The normalized spacial score (nSPS) is 18.0. The highest BCUT2D eigenvalue weighted by Crippen LogP contribution is 2.14. The van der Waals surface area contributed by atoms with E-state index in [0.717, 1.165) is 43.6 Å². The molecule has 7 heteroatoms. The minimum Gasteiger partial charge on any atom is -0.352 e. The molecule has 0 saturated carbocycles. The highest BCUT2D eigenvalue weighted by Gasteiger charge is 2.20. The van der Waals surface area contributed by atoms with Crippen LogP contribution in [0.15, 0.2) is 41.5 Å². The van der Waals surface area contributed by atoms with Crippen molar-refractivity contribution in [3.63, 3.8) is 0 Å². The molecule has 1 fully saturated rings. The lowest BCUT2D eigenvalue weighted by Gasteiger charge is -2.33. The van der Waals surface area contributed by atoms with Crippen LogP contribution < -0.4 is 10.6 Å². The first-order valence-corrected chi connectivity index (χ1v) is 10.3. The molecule has 3 rings (SSSR count). The molecule has 0 aliphatic carbocycles.